The Morgan fingerprint density at radius 3 is 2.63 bits per heavy atom. The molecule has 2 amide bonds. The second kappa shape index (κ2) is 7.26. The first-order valence-electron chi connectivity index (χ1n) is 9.39. The largest absolute Gasteiger partial charge is 0.522 e. The number of rotatable bonds is 7. The lowest BCUT2D eigenvalue weighted by Gasteiger charge is -2.73. The standard InChI is InChI=1S/C19H19ClF4N2O4/c20-13-2-1-12(4-14(13)21)29-7-15(27)25-17-8-18(9-17,10-17)26-5-11(3-16(26)28)6-30-19(22,23)24/h1-2,4,11H,3,5-10H2,(H,25,27)/t11-,17?,18?/m1/s1. The zero-order valence-corrected chi connectivity index (χ0v) is 16.5. The van der Waals surface area contributed by atoms with E-state index in [0.717, 1.165) is 6.07 Å². The summed E-state index contributed by atoms with van der Waals surface area (Å²) >= 11 is 5.59. The molecule has 6 nitrogen and oxygen atoms in total. The summed E-state index contributed by atoms with van der Waals surface area (Å²) in [6.45, 7) is -0.605. The van der Waals surface area contributed by atoms with Crippen molar-refractivity contribution in [2.45, 2.75) is 43.1 Å². The molecule has 1 N–H and O–H groups in total. The molecule has 5 rings (SSSR count). The molecule has 0 radical (unpaired) electrons. The Morgan fingerprint density at radius 1 is 1.30 bits per heavy atom. The molecule has 0 aromatic heterocycles. The van der Waals surface area contributed by atoms with Crippen LogP contribution in [0.1, 0.15) is 25.7 Å². The van der Waals surface area contributed by atoms with Gasteiger partial charge in [0.05, 0.1) is 11.6 Å². The maximum Gasteiger partial charge on any atom is 0.522 e. The third-order valence-corrected chi connectivity index (χ3v) is 6.23. The Balaban J connectivity index is 1.23. The fourth-order valence-electron chi connectivity index (χ4n) is 4.76. The van der Waals surface area contributed by atoms with Crippen molar-refractivity contribution < 1.29 is 36.6 Å². The van der Waals surface area contributed by atoms with Gasteiger partial charge in [0.2, 0.25) is 5.91 Å². The van der Waals surface area contributed by atoms with Crippen LogP contribution in [0.15, 0.2) is 18.2 Å². The molecule has 1 aromatic rings. The number of nitrogens with one attached hydrogen (secondary N) is 1. The van der Waals surface area contributed by atoms with Crippen molar-refractivity contribution in [3.63, 3.8) is 0 Å². The number of alkyl halides is 3. The van der Waals surface area contributed by atoms with Gasteiger partial charge in [-0.3, -0.25) is 14.3 Å². The smallest absolute Gasteiger partial charge is 0.484 e. The van der Waals surface area contributed by atoms with Gasteiger partial charge < -0.3 is 15.0 Å². The highest BCUT2D eigenvalue weighted by Crippen LogP contribution is 2.64. The highest BCUT2D eigenvalue weighted by molar-refractivity contribution is 6.30. The summed E-state index contributed by atoms with van der Waals surface area (Å²) in [4.78, 5) is 26.1. The SMILES string of the molecule is O=C(COc1ccc(Cl)c(F)c1)NC12CC(N3C[C@H](COC(F)(F)F)CC3=O)(C1)C2. The molecule has 0 unspecified atom stereocenters. The molecule has 3 saturated carbocycles. The van der Waals surface area contributed by atoms with Crippen LogP contribution in [0.5, 0.6) is 5.75 Å². The van der Waals surface area contributed by atoms with Gasteiger partial charge in [-0.15, -0.1) is 13.2 Å². The van der Waals surface area contributed by atoms with E-state index in [4.69, 9.17) is 16.3 Å². The molecule has 11 heteroatoms. The number of nitrogens with zero attached hydrogens (tertiary/aromatic N) is 1. The van der Waals surface area contributed by atoms with E-state index < -0.39 is 35.8 Å². The second-order valence-corrected chi connectivity index (χ2v) is 8.69. The van der Waals surface area contributed by atoms with Gasteiger partial charge >= 0.3 is 6.36 Å². The molecule has 1 atom stereocenters. The zero-order chi connectivity index (χ0) is 21.7. The van der Waals surface area contributed by atoms with Crippen LogP contribution in [0.2, 0.25) is 5.02 Å². The molecular formula is C19H19ClF4N2O4. The molecule has 1 saturated heterocycles. The van der Waals surface area contributed by atoms with E-state index in [-0.39, 0.29) is 42.2 Å². The van der Waals surface area contributed by atoms with Gasteiger partial charge in [-0.05, 0) is 31.4 Å². The fourth-order valence-corrected chi connectivity index (χ4v) is 4.88. The molecule has 3 aliphatic carbocycles. The molecule has 164 valence electrons. The van der Waals surface area contributed by atoms with E-state index in [9.17, 15) is 27.2 Å². The molecule has 1 aromatic carbocycles. The lowest BCUT2D eigenvalue weighted by Crippen LogP contribution is -2.84. The summed E-state index contributed by atoms with van der Waals surface area (Å²) in [7, 11) is 0. The summed E-state index contributed by atoms with van der Waals surface area (Å²) in [6, 6.07) is 3.87. The third kappa shape index (κ3) is 4.07. The third-order valence-electron chi connectivity index (χ3n) is 5.93. The molecule has 1 aliphatic heterocycles. The topological polar surface area (TPSA) is 67.9 Å². The van der Waals surface area contributed by atoms with Gasteiger partial charge in [0.1, 0.15) is 11.6 Å². The van der Waals surface area contributed by atoms with Gasteiger partial charge in [-0.25, -0.2) is 4.39 Å². The number of likely N-dealkylation sites (tertiary alicyclic amines) is 1. The van der Waals surface area contributed by atoms with Gasteiger partial charge in [0, 0.05) is 36.0 Å². The van der Waals surface area contributed by atoms with Crippen molar-refractivity contribution in [1.82, 2.24) is 10.2 Å². The first-order chi connectivity index (χ1) is 14.0. The van der Waals surface area contributed by atoms with Crippen molar-refractivity contribution >= 4 is 23.4 Å². The van der Waals surface area contributed by atoms with Crippen LogP contribution in [0.3, 0.4) is 0 Å². The van der Waals surface area contributed by atoms with Crippen LogP contribution in [0.4, 0.5) is 17.6 Å². The number of carbonyl (C=O) groups excluding carboxylic acids is 2. The van der Waals surface area contributed by atoms with Crippen LogP contribution in [-0.2, 0) is 14.3 Å². The number of benzene rings is 1. The van der Waals surface area contributed by atoms with Crippen molar-refractivity contribution in [3.8, 4) is 5.75 Å². The van der Waals surface area contributed by atoms with E-state index in [1.165, 1.54) is 12.1 Å². The van der Waals surface area contributed by atoms with Crippen molar-refractivity contribution in [3.05, 3.63) is 29.0 Å². The highest BCUT2D eigenvalue weighted by Gasteiger charge is 2.72. The van der Waals surface area contributed by atoms with E-state index in [0.29, 0.717) is 19.3 Å². The Hall–Kier alpha value is -2.07. The lowest BCUT2D eigenvalue weighted by molar-refractivity contribution is -0.328. The van der Waals surface area contributed by atoms with E-state index in [1.54, 1.807) is 4.90 Å². The summed E-state index contributed by atoms with van der Waals surface area (Å²) in [5.74, 6) is -1.52. The maximum atomic E-state index is 13.4. The highest BCUT2D eigenvalue weighted by atomic mass is 35.5. The quantitative estimate of drug-likeness (QED) is 0.648. The molecule has 1 heterocycles. The number of carbonyl (C=O) groups is 2. The van der Waals surface area contributed by atoms with Gasteiger partial charge in [-0.2, -0.15) is 0 Å². The normalized spacial score (nSPS) is 30.0. The Labute approximate surface area is 174 Å². The van der Waals surface area contributed by atoms with E-state index in [1.807, 2.05) is 0 Å². The molecule has 4 fully saturated rings. The summed E-state index contributed by atoms with van der Waals surface area (Å²) in [5.41, 5.74) is -0.815. The Kier molecular flexibility index (Phi) is 5.13. The Morgan fingerprint density at radius 2 is 2.00 bits per heavy atom. The van der Waals surface area contributed by atoms with Crippen LogP contribution >= 0.6 is 11.6 Å². The summed E-state index contributed by atoms with van der Waals surface area (Å²) in [5, 5.41) is 2.83. The van der Waals surface area contributed by atoms with Gasteiger partial charge in [0.15, 0.2) is 6.61 Å². The van der Waals surface area contributed by atoms with Crippen LogP contribution in [0, 0.1) is 11.7 Å². The molecule has 0 spiro atoms. The van der Waals surface area contributed by atoms with Crippen LogP contribution in [-0.4, -0.2) is 53.9 Å². The first-order valence-corrected chi connectivity index (χ1v) is 9.77. The average Bonchev–Trinajstić information content (AvgIpc) is 2.96. The second-order valence-electron chi connectivity index (χ2n) is 8.28. The molecule has 30 heavy (non-hydrogen) atoms. The fraction of sp³-hybridized carbons (Fsp3) is 0.579. The van der Waals surface area contributed by atoms with Gasteiger partial charge in [0.25, 0.3) is 5.91 Å². The predicted octanol–water partition coefficient (Wildman–Crippen LogP) is 3.03. The first kappa shape index (κ1) is 21.2. The minimum absolute atomic E-state index is 0.0304. The van der Waals surface area contributed by atoms with E-state index >= 15 is 0 Å². The van der Waals surface area contributed by atoms with Crippen molar-refractivity contribution in [2.75, 3.05) is 19.8 Å². The number of amides is 2. The lowest BCUT2D eigenvalue weighted by atomic mass is 9.43. The summed E-state index contributed by atoms with van der Waals surface area (Å²) < 4.78 is 59.1. The molecule has 2 bridgehead atoms. The maximum absolute atomic E-state index is 13.4. The van der Waals surface area contributed by atoms with Crippen molar-refractivity contribution in [1.29, 1.82) is 0 Å². The number of hydrogen-bond donors (Lipinski definition) is 1. The average molecular weight is 451 g/mol. The van der Waals surface area contributed by atoms with Crippen LogP contribution < -0.4 is 10.1 Å². The minimum atomic E-state index is -4.71. The van der Waals surface area contributed by atoms with Crippen LogP contribution in [0.25, 0.3) is 0 Å². The number of halogens is 5. The number of hydrogen-bond acceptors (Lipinski definition) is 4. The summed E-state index contributed by atoms with van der Waals surface area (Å²) in [6.07, 6.45) is -3.01. The van der Waals surface area contributed by atoms with Gasteiger partial charge in [-0.1, -0.05) is 11.6 Å². The molecule has 4 aliphatic rings. The van der Waals surface area contributed by atoms with Crippen molar-refractivity contribution in [2.24, 2.45) is 5.92 Å². The zero-order valence-electron chi connectivity index (χ0n) is 15.7. The molecular weight excluding hydrogens is 432 g/mol. The number of ether oxygens (including phenoxy) is 2. The monoisotopic (exact) mass is 450 g/mol. The Bertz CT molecular complexity index is 859. The predicted molar refractivity (Wildman–Crippen MR) is 96.2 cm³/mol. The van der Waals surface area contributed by atoms with E-state index in [2.05, 4.69) is 10.1 Å². The minimum Gasteiger partial charge on any atom is -0.484 e.